The predicted octanol–water partition coefficient (Wildman–Crippen LogP) is 3.36. The van der Waals surface area contributed by atoms with Crippen LogP contribution in [0.4, 0.5) is 11.4 Å². The van der Waals surface area contributed by atoms with Crippen LogP contribution in [0.3, 0.4) is 0 Å². The van der Waals surface area contributed by atoms with Gasteiger partial charge in [0.1, 0.15) is 0 Å². The molecule has 1 saturated heterocycles. The van der Waals surface area contributed by atoms with Gasteiger partial charge in [-0.3, -0.25) is 0 Å². The lowest BCUT2D eigenvalue weighted by molar-refractivity contribution is 0.431. The number of thiocarbonyl (C=S) groups is 2. The van der Waals surface area contributed by atoms with E-state index in [2.05, 4.69) is 20.4 Å². The molecular weight excluding hydrogens is 324 g/mol. The highest BCUT2D eigenvalue weighted by Gasteiger charge is 2.23. The summed E-state index contributed by atoms with van der Waals surface area (Å²) in [6.45, 7) is 2.40. The monoisotopic (exact) mass is 342 g/mol. The Hall–Kier alpha value is -2.18. The average Bonchev–Trinajstić information content (AvgIpc) is 3.07. The van der Waals surface area contributed by atoms with E-state index in [1.54, 1.807) is 0 Å². The van der Waals surface area contributed by atoms with Crippen LogP contribution in [0.15, 0.2) is 60.7 Å². The number of benzene rings is 2. The number of rotatable bonds is 2. The quantitative estimate of drug-likeness (QED) is 0.814. The first-order valence-corrected chi connectivity index (χ1v) is 8.26. The molecule has 0 atom stereocenters. The summed E-state index contributed by atoms with van der Waals surface area (Å²) in [5, 5.41) is 7.97. The maximum Gasteiger partial charge on any atom is 0.174 e. The van der Waals surface area contributed by atoms with Crippen LogP contribution in [0.5, 0.6) is 0 Å². The van der Waals surface area contributed by atoms with Crippen LogP contribution in [0.2, 0.25) is 0 Å². The molecule has 0 radical (unpaired) electrons. The fourth-order valence-corrected chi connectivity index (χ4v) is 2.90. The Morgan fingerprint density at radius 1 is 0.696 bits per heavy atom. The number of hydrogen-bond acceptors (Lipinski definition) is 2. The van der Waals surface area contributed by atoms with Crippen molar-refractivity contribution in [3.63, 3.8) is 0 Å². The zero-order valence-electron chi connectivity index (χ0n) is 12.6. The Kier molecular flexibility index (Phi) is 5.05. The van der Waals surface area contributed by atoms with E-state index in [0.717, 1.165) is 34.7 Å². The molecule has 1 heterocycles. The van der Waals surface area contributed by atoms with Gasteiger partial charge >= 0.3 is 0 Å². The Balaban J connectivity index is 1.53. The highest BCUT2D eigenvalue weighted by molar-refractivity contribution is 7.80. The molecule has 2 aromatic rings. The normalized spacial score (nSPS) is 13.7. The van der Waals surface area contributed by atoms with Gasteiger partial charge in [0.05, 0.1) is 6.67 Å². The number of nitrogens with one attached hydrogen (secondary N) is 2. The molecule has 1 fully saturated rings. The maximum absolute atomic E-state index is 5.49. The first-order valence-electron chi connectivity index (χ1n) is 7.44. The Bertz CT molecular complexity index is 616. The molecule has 23 heavy (non-hydrogen) atoms. The fourth-order valence-electron chi connectivity index (χ4n) is 2.37. The molecule has 6 heteroatoms. The van der Waals surface area contributed by atoms with Crippen molar-refractivity contribution in [1.29, 1.82) is 0 Å². The molecule has 0 aliphatic carbocycles. The molecule has 0 unspecified atom stereocenters. The number of anilines is 2. The Morgan fingerprint density at radius 2 is 1.09 bits per heavy atom. The molecule has 2 N–H and O–H groups in total. The van der Waals surface area contributed by atoms with E-state index in [0.29, 0.717) is 6.67 Å². The van der Waals surface area contributed by atoms with Gasteiger partial charge < -0.3 is 20.4 Å². The zero-order chi connectivity index (χ0) is 16.1. The molecule has 0 amide bonds. The summed E-state index contributed by atoms with van der Waals surface area (Å²) in [7, 11) is 0. The van der Waals surface area contributed by atoms with Gasteiger partial charge in [0, 0.05) is 24.5 Å². The minimum Gasteiger partial charge on any atom is -0.333 e. The van der Waals surface area contributed by atoms with Crippen LogP contribution >= 0.6 is 24.4 Å². The van der Waals surface area contributed by atoms with E-state index in [4.69, 9.17) is 24.4 Å². The van der Waals surface area contributed by atoms with E-state index in [1.165, 1.54) is 0 Å². The van der Waals surface area contributed by atoms with Crippen LogP contribution < -0.4 is 10.6 Å². The molecular formula is C17H18N4S2. The van der Waals surface area contributed by atoms with Crippen molar-refractivity contribution >= 4 is 46.0 Å². The lowest BCUT2D eigenvalue weighted by Gasteiger charge is -2.23. The zero-order valence-corrected chi connectivity index (χ0v) is 14.2. The summed E-state index contributed by atoms with van der Waals surface area (Å²) in [4.78, 5) is 4.22. The van der Waals surface area contributed by atoms with Crippen LogP contribution in [0.25, 0.3) is 0 Å². The molecule has 2 aromatic carbocycles. The molecule has 4 nitrogen and oxygen atoms in total. The summed E-state index contributed by atoms with van der Waals surface area (Å²) >= 11 is 11.0. The highest BCUT2D eigenvalue weighted by atomic mass is 32.1. The number of nitrogens with zero attached hydrogens (tertiary/aromatic N) is 2. The average molecular weight is 342 g/mol. The SMILES string of the molecule is S=C(Nc1ccccc1)N1CCN(C(=S)Nc2ccccc2)C1. The molecule has 118 valence electrons. The van der Waals surface area contributed by atoms with E-state index in [1.807, 2.05) is 60.7 Å². The third kappa shape index (κ3) is 4.18. The molecule has 0 bridgehead atoms. The van der Waals surface area contributed by atoms with Crippen LogP contribution in [-0.2, 0) is 0 Å². The van der Waals surface area contributed by atoms with Gasteiger partial charge in [-0.2, -0.15) is 0 Å². The molecule has 1 aliphatic rings. The van der Waals surface area contributed by atoms with Gasteiger partial charge in [-0.05, 0) is 48.7 Å². The second kappa shape index (κ2) is 7.39. The number of para-hydroxylation sites is 2. The molecule has 0 aromatic heterocycles. The molecule has 0 saturated carbocycles. The van der Waals surface area contributed by atoms with Gasteiger partial charge in [0.25, 0.3) is 0 Å². The summed E-state index contributed by atoms with van der Waals surface area (Å²) in [5.74, 6) is 0. The standard InChI is InChI=1S/C17H18N4S2/c22-16(18-14-7-3-1-4-8-14)20-11-12-21(13-20)17(23)19-15-9-5-2-6-10-15/h1-10H,11-13H2,(H,18,22)(H,19,23). The van der Waals surface area contributed by atoms with Crippen LogP contribution in [0.1, 0.15) is 0 Å². The summed E-state index contributed by atoms with van der Waals surface area (Å²) in [6.07, 6.45) is 0. The Morgan fingerprint density at radius 3 is 1.48 bits per heavy atom. The van der Waals surface area contributed by atoms with Crippen molar-refractivity contribution in [3.8, 4) is 0 Å². The van der Waals surface area contributed by atoms with Crippen LogP contribution in [0, 0.1) is 0 Å². The van der Waals surface area contributed by atoms with Crippen molar-refractivity contribution < 1.29 is 0 Å². The molecule has 0 spiro atoms. The van der Waals surface area contributed by atoms with Crippen molar-refractivity contribution in [3.05, 3.63) is 60.7 Å². The minimum absolute atomic E-state index is 0.692. The van der Waals surface area contributed by atoms with Gasteiger partial charge in [-0.1, -0.05) is 36.4 Å². The molecule has 3 rings (SSSR count). The molecule has 1 aliphatic heterocycles. The van der Waals surface area contributed by atoms with E-state index >= 15 is 0 Å². The van der Waals surface area contributed by atoms with Crippen molar-refractivity contribution in [1.82, 2.24) is 9.80 Å². The summed E-state index contributed by atoms with van der Waals surface area (Å²) in [5.41, 5.74) is 2.00. The summed E-state index contributed by atoms with van der Waals surface area (Å²) < 4.78 is 0. The third-order valence-electron chi connectivity index (χ3n) is 3.61. The topological polar surface area (TPSA) is 30.5 Å². The van der Waals surface area contributed by atoms with E-state index in [-0.39, 0.29) is 0 Å². The highest BCUT2D eigenvalue weighted by Crippen LogP contribution is 2.13. The first-order chi connectivity index (χ1) is 11.2. The van der Waals surface area contributed by atoms with Crippen LogP contribution in [-0.4, -0.2) is 39.8 Å². The maximum atomic E-state index is 5.49. The fraction of sp³-hybridized carbons (Fsp3) is 0.176. The largest absolute Gasteiger partial charge is 0.333 e. The van der Waals surface area contributed by atoms with Gasteiger partial charge in [-0.15, -0.1) is 0 Å². The van der Waals surface area contributed by atoms with Crippen molar-refractivity contribution in [2.24, 2.45) is 0 Å². The summed E-state index contributed by atoms with van der Waals surface area (Å²) in [6, 6.07) is 19.9. The van der Waals surface area contributed by atoms with E-state index < -0.39 is 0 Å². The van der Waals surface area contributed by atoms with Gasteiger partial charge in [-0.25, -0.2) is 0 Å². The first kappa shape index (κ1) is 15.7. The predicted molar refractivity (Wildman–Crippen MR) is 104 cm³/mol. The minimum atomic E-state index is 0.692. The smallest absolute Gasteiger partial charge is 0.174 e. The van der Waals surface area contributed by atoms with Crippen molar-refractivity contribution in [2.45, 2.75) is 0 Å². The van der Waals surface area contributed by atoms with Gasteiger partial charge in [0.2, 0.25) is 0 Å². The van der Waals surface area contributed by atoms with E-state index in [9.17, 15) is 0 Å². The van der Waals surface area contributed by atoms with Crippen molar-refractivity contribution in [2.75, 3.05) is 30.4 Å². The van der Waals surface area contributed by atoms with Gasteiger partial charge in [0.15, 0.2) is 10.2 Å². The lowest BCUT2D eigenvalue weighted by atomic mass is 10.3. The number of hydrogen-bond donors (Lipinski definition) is 2. The Labute approximate surface area is 147 Å². The lowest BCUT2D eigenvalue weighted by Crippen LogP contribution is -2.37. The second-order valence-corrected chi connectivity index (χ2v) is 6.03. The third-order valence-corrected chi connectivity index (χ3v) is 4.33. The second-order valence-electron chi connectivity index (χ2n) is 5.26.